The van der Waals surface area contributed by atoms with E-state index in [0.717, 1.165) is 16.9 Å². The van der Waals surface area contributed by atoms with Gasteiger partial charge in [0.05, 0.1) is 0 Å². The van der Waals surface area contributed by atoms with Crippen molar-refractivity contribution in [3.8, 4) is 23.3 Å². The van der Waals surface area contributed by atoms with Gasteiger partial charge in [-0.3, -0.25) is 4.79 Å². The molecule has 0 saturated carbocycles. The molecule has 27 heavy (non-hydrogen) atoms. The smallest absolute Gasteiger partial charge is 0.246 e. The van der Waals surface area contributed by atoms with E-state index in [9.17, 15) is 4.79 Å². The van der Waals surface area contributed by atoms with Crippen molar-refractivity contribution in [2.75, 3.05) is 19.9 Å². The first-order valence-electron chi connectivity index (χ1n) is 8.65. The van der Waals surface area contributed by atoms with Crippen LogP contribution in [0.4, 0.5) is 0 Å². The number of hydrogen-bond donors (Lipinski definition) is 0. The Labute approximate surface area is 158 Å². The summed E-state index contributed by atoms with van der Waals surface area (Å²) in [7, 11) is 0. The van der Waals surface area contributed by atoms with Crippen LogP contribution in [0.5, 0.6) is 17.2 Å². The van der Waals surface area contributed by atoms with E-state index in [-0.39, 0.29) is 19.3 Å². The fourth-order valence-corrected chi connectivity index (χ4v) is 2.67. The van der Waals surface area contributed by atoms with Crippen LogP contribution in [0, 0.1) is 11.3 Å². The molecule has 1 aliphatic rings. The topological polar surface area (TPSA) is 71.8 Å². The maximum Gasteiger partial charge on any atom is 0.246 e. The molecule has 0 spiro atoms. The Balaban J connectivity index is 1.61. The van der Waals surface area contributed by atoms with Gasteiger partial charge >= 0.3 is 0 Å². The van der Waals surface area contributed by atoms with Crippen molar-refractivity contribution in [1.29, 1.82) is 5.26 Å². The van der Waals surface area contributed by atoms with Crippen LogP contribution in [0.1, 0.15) is 18.1 Å². The number of carbonyl (C=O) groups is 1. The summed E-state index contributed by atoms with van der Waals surface area (Å²) in [5, 5.41) is 8.51. The van der Waals surface area contributed by atoms with E-state index in [1.165, 1.54) is 0 Å². The first kappa shape index (κ1) is 18.3. The predicted molar refractivity (Wildman–Crippen MR) is 100 cm³/mol. The predicted octanol–water partition coefficient (Wildman–Crippen LogP) is 3.38. The van der Waals surface area contributed by atoms with E-state index in [1.54, 1.807) is 29.2 Å². The van der Waals surface area contributed by atoms with Gasteiger partial charge in [-0.15, -0.1) is 0 Å². The number of fused-ring (bicyclic) bond motifs is 1. The minimum atomic E-state index is -0.0695. The van der Waals surface area contributed by atoms with Gasteiger partial charge in [0.25, 0.3) is 0 Å². The Kier molecular flexibility index (Phi) is 5.95. The van der Waals surface area contributed by atoms with Gasteiger partial charge in [0.2, 0.25) is 12.7 Å². The highest BCUT2D eigenvalue weighted by molar-refractivity contribution is 5.91. The van der Waals surface area contributed by atoms with Crippen molar-refractivity contribution < 1.29 is 19.0 Å². The molecule has 0 N–H and O–H groups in total. The highest BCUT2D eigenvalue weighted by Gasteiger charge is 2.15. The van der Waals surface area contributed by atoms with Crippen LogP contribution in [-0.4, -0.2) is 30.8 Å². The van der Waals surface area contributed by atoms with Gasteiger partial charge < -0.3 is 19.1 Å². The molecule has 0 saturated heterocycles. The molecular weight excluding hydrogens is 344 g/mol. The van der Waals surface area contributed by atoms with Crippen molar-refractivity contribution in [3.63, 3.8) is 0 Å². The summed E-state index contributed by atoms with van der Waals surface area (Å²) in [6.07, 6.45) is 3.32. The standard InChI is InChI=1S/C21H20N2O4/c1-2-23(14-17-5-9-19-20(13-17)27-15-26-19)21(24)10-6-16-3-7-18(8-4-16)25-12-11-22/h3-10,13H,2,12,14-15H2,1H3/b10-6+. The summed E-state index contributed by atoms with van der Waals surface area (Å²) in [4.78, 5) is 14.3. The zero-order valence-electron chi connectivity index (χ0n) is 15.1. The zero-order valence-corrected chi connectivity index (χ0v) is 15.1. The normalized spacial score (nSPS) is 12.0. The molecule has 2 aromatic carbocycles. The van der Waals surface area contributed by atoms with Crippen LogP contribution in [0.15, 0.2) is 48.5 Å². The molecule has 1 heterocycles. The molecular formula is C21H20N2O4. The number of carbonyl (C=O) groups excluding carboxylic acids is 1. The lowest BCUT2D eigenvalue weighted by Crippen LogP contribution is -2.28. The van der Waals surface area contributed by atoms with Gasteiger partial charge in [-0.2, -0.15) is 5.26 Å². The first-order chi connectivity index (χ1) is 13.2. The van der Waals surface area contributed by atoms with E-state index < -0.39 is 0 Å². The lowest BCUT2D eigenvalue weighted by atomic mass is 10.1. The fraction of sp³-hybridized carbons (Fsp3) is 0.238. The van der Waals surface area contributed by atoms with Crippen LogP contribution in [-0.2, 0) is 11.3 Å². The average Bonchev–Trinajstić information content (AvgIpc) is 3.17. The van der Waals surface area contributed by atoms with Crippen molar-refractivity contribution in [2.45, 2.75) is 13.5 Å². The molecule has 0 bridgehead atoms. The summed E-state index contributed by atoms with van der Waals surface area (Å²) in [6, 6.07) is 14.8. The van der Waals surface area contributed by atoms with E-state index in [1.807, 2.05) is 43.3 Å². The second-order valence-electron chi connectivity index (χ2n) is 5.89. The summed E-state index contributed by atoms with van der Waals surface area (Å²) in [6.45, 7) is 3.28. The second kappa shape index (κ2) is 8.77. The molecule has 0 aliphatic carbocycles. The van der Waals surface area contributed by atoms with Gasteiger partial charge in [-0.05, 0) is 48.4 Å². The monoisotopic (exact) mass is 364 g/mol. The molecule has 3 rings (SSSR count). The third-order valence-electron chi connectivity index (χ3n) is 4.11. The van der Waals surface area contributed by atoms with Crippen molar-refractivity contribution in [1.82, 2.24) is 4.90 Å². The molecule has 0 unspecified atom stereocenters. The van der Waals surface area contributed by atoms with Gasteiger partial charge in [-0.1, -0.05) is 18.2 Å². The Morgan fingerprint density at radius 1 is 1.22 bits per heavy atom. The number of hydrogen-bond acceptors (Lipinski definition) is 5. The molecule has 1 aliphatic heterocycles. The van der Waals surface area contributed by atoms with Crippen molar-refractivity contribution in [3.05, 3.63) is 59.7 Å². The number of amides is 1. The molecule has 0 radical (unpaired) electrons. The Morgan fingerprint density at radius 2 is 2.00 bits per heavy atom. The van der Waals surface area contributed by atoms with Gasteiger partial charge in [0, 0.05) is 19.2 Å². The van der Waals surface area contributed by atoms with Crippen LogP contribution in [0.3, 0.4) is 0 Å². The summed E-state index contributed by atoms with van der Waals surface area (Å²) < 4.78 is 15.9. The third-order valence-corrected chi connectivity index (χ3v) is 4.11. The molecule has 0 aromatic heterocycles. The summed E-state index contributed by atoms with van der Waals surface area (Å²) in [5.41, 5.74) is 1.87. The largest absolute Gasteiger partial charge is 0.479 e. The Hall–Kier alpha value is -3.46. The Bertz CT molecular complexity index is 869. The lowest BCUT2D eigenvalue weighted by Gasteiger charge is -2.19. The highest BCUT2D eigenvalue weighted by atomic mass is 16.7. The number of ether oxygens (including phenoxy) is 3. The summed E-state index contributed by atoms with van der Waals surface area (Å²) >= 11 is 0. The first-order valence-corrected chi connectivity index (χ1v) is 8.65. The van der Waals surface area contributed by atoms with E-state index in [0.29, 0.717) is 24.6 Å². The lowest BCUT2D eigenvalue weighted by molar-refractivity contribution is -0.126. The SMILES string of the molecule is CCN(Cc1ccc2c(c1)OCO2)C(=O)/C=C/c1ccc(OCC#N)cc1. The fourth-order valence-electron chi connectivity index (χ4n) is 2.67. The minimum absolute atomic E-state index is 0.0129. The van der Waals surface area contributed by atoms with Crippen LogP contribution in [0.2, 0.25) is 0 Å². The number of benzene rings is 2. The number of nitrogens with zero attached hydrogens (tertiary/aromatic N) is 2. The molecule has 6 nitrogen and oxygen atoms in total. The molecule has 138 valence electrons. The zero-order chi connectivity index (χ0) is 19.1. The number of likely N-dealkylation sites (N-methyl/N-ethyl adjacent to an activating group) is 1. The number of nitriles is 1. The quantitative estimate of drug-likeness (QED) is 0.704. The van der Waals surface area contributed by atoms with Gasteiger partial charge in [0.15, 0.2) is 18.1 Å². The van der Waals surface area contributed by atoms with E-state index >= 15 is 0 Å². The summed E-state index contributed by atoms with van der Waals surface area (Å²) in [5.74, 6) is 2.00. The van der Waals surface area contributed by atoms with Crippen molar-refractivity contribution in [2.24, 2.45) is 0 Å². The van der Waals surface area contributed by atoms with Crippen LogP contribution < -0.4 is 14.2 Å². The maximum atomic E-state index is 12.5. The van der Waals surface area contributed by atoms with Crippen LogP contribution in [0.25, 0.3) is 6.08 Å². The average molecular weight is 364 g/mol. The second-order valence-corrected chi connectivity index (χ2v) is 5.89. The third kappa shape index (κ3) is 4.79. The molecule has 1 amide bonds. The molecule has 6 heteroatoms. The highest BCUT2D eigenvalue weighted by Crippen LogP contribution is 2.32. The van der Waals surface area contributed by atoms with Crippen LogP contribution >= 0.6 is 0 Å². The molecule has 2 aromatic rings. The van der Waals surface area contributed by atoms with Crippen molar-refractivity contribution >= 4 is 12.0 Å². The maximum absolute atomic E-state index is 12.5. The van der Waals surface area contributed by atoms with Gasteiger partial charge in [0.1, 0.15) is 11.8 Å². The van der Waals surface area contributed by atoms with E-state index in [2.05, 4.69) is 0 Å². The molecule has 0 fully saturated rings. The Morgan fingerprint density at radius 3 is 2.74 bits per heavy atom. The van der Waals surface area contributed by atoms with Gasteiger partial charge in [-0.25, -0.2) is 0 Å². The molecule has 0 atom stereocenters. The van der Waals surface area contributed by atoms with E-state index in [4.69, 9.17) is 19.5 Å². The number of rotatable bonds is 7. The minimum Gasteiger partial charge on any atom is -0.479 e.